The summed E-state index contributed by atoms with van der Waals surface area (Å²) in [5, 5.41) is 2.35. The average molecular weight is 254 g/mol. The summed E-state index contributed by atoms with van der Waals surface area (Å²) in [7, 11) is 0. The molecule has 0 aliphatic carbocycles. The van der Waals surface area contributed by atoms with Crippen LogP contribution >= 0.6 is 11.6 Å². The number of hydrogen-bond donors (Lipinski definition) is 1. The smallest absolute Gasteiger partial charge is 0.242 e. The van der Waals surface area contributed by atoms with E-state index in [0.717, 1.165) is 12.0 Å². The summed E-state index contributed by atoms with van der Waals surface area (Å²) in [6, 6.07) is 9.56. The number of rotatable bonds is 5. The van der Waals surface area contributed by atoms with Crippen molar-refractivity contribution in [2.75, 3.05) is 0 Å². The van der Waals surface area contributed by atoms with Crippen LogP contribution < -0.4 is 5.32 Å². The fraction of sp³-hybridized carbons (Fsp3) is 0.500. The second kappa shape index (κ2) is 6.65. The Morgan fingerprint density at radius 3 is 2.41 bits per heavy atom. The summed E-state index contributed by atoms with van der Waals surface area (Å²) < 4.78 is 0. The lowest BCUT2D eigenvalue weighted by molar-refractivity contribution is -0.121. The van der Waals surface area contributed by atoms with Crippen molar-refractivity contribution < 1.29 is 4.79 Å². The van der Waals surface area contributed by atoms with Crippen molar-refractivity contribution in [1.29, 1.82) is 0 Å². The van der Waals surface area contributed by atoms with Crippen LogP contribution in [0.5, 0.6) is 0 Å². The van der Waals surface area contributed by atoms with Crippen LogP contribution in [-0.4, -0.2) is 11.9 Å². The maximum absolute atomic E-state index is 11.9. The first kappa shape index (κ1) is 14.0. The van der Waals surface area contributed by atoms with E-state index in [9.17, 15) is 4.79 Å². The van der Waals surface area contributed by atoms with Gasteiger partial charge in [-0.25, -0.2) is 0 Å². The molecule has 0 bridgehead atoms. The van der Waals surface area contributed by atoms with E-state index in [1.165, 1.54) is 0 Å². The van der Waals surface area contributed by atoms with Gasteiger partial charge in [-0.2, -0.15) is 0 Å². The molecule has 3 heteroatoms. The molecule has 1 amide bonds. The van der Waals surface area contributed by atoms with Gasteiger partial charge >= 0.3 is 0 Å². The first-order valence-corrected chi connectivity index (χ1v) is 6.49. The minimum Gasteiger partial charge on any atom is -0.352 e. The topological polar surface area (TPSA) is 29.1 Å². The molecule has 1 aromatic rings. The Morgan fingerprint density at radius 2 is 1.88 bits per heavy atom. The second-order valence-corrected chi connectivity index (χ2v) is 4.89. The molecule has 0 saturated heterocycles. The number of hydrogen-bond acceptors (Lipinski definition) is 1. The van der Waals surface area contributed by atoms with Gasteiger partial charge in [0.1, 0.15) is 5.38 Å². The Balaban J connectivity index is 2.59. The fourth-order valence-electron chi connectivity index (χ4n) is 1.57. The third kappa shape index (κ3) is 4.04. The van der Waals surface area contributed by atoms with E-state index in [1.54, 1.807) is 0 Å². The van der Waals surface area contributed by atoms with E-state index in [1.807, 2.05) is 37.3 Å². The lowest BCUT2D eigenvalue weighted by Crippen LogP contribution is -2.38. The molecule has 0 radical (unpaired) electrons. The lowest BCUT2D eigenvalue weighted by Gasteiger charge is -2.21. The molecule has 1 aromatic carbocycles. The Kier molecular flexibility index (Phi) is 5.49. The maximum Gasteiger partial charge on any atom is 0.242 e. The number of nitrogens with one attached hydrogen (secondary N) is 1. The highest BCUT2D eigenvalue weighted by molar-refractivity contribution is 6.30. The molecular weight excluding hydrogens is 234 g/mol. The minimum atomic E-state index is -0.609. The van der Waals surface area contributed by atoms with Gasteiger partial charge in [-0.05, 0) is 18.4 Å². The summed E-state index contributed by atoms with van der Waals surface area (Å²) in [4.78, 5) is 11.9. The second-order valence-electron chi connectivity index (χ2n) is 4.46. The van der Waals surface area contributed by atoms with Gasteiger partial charge in [0.2, 0.25) is 5.91 Å². The molecular formula is C14H20ClNO. The van der Waals surface area contributed by atoms with Crippen molar-refractivity contribution >= 4 is 17.5 Å². The van der Waals surface area contributed by atoms with Crippen molar-refractivity contribution in [3.05, 3.63) is 35.9 Å². The van der Waals surface area contributed by atoms with Gasteiger partial charge < -0.3 is 5.32 Å². The Bertz CT molecular complexity index is 352. The van der Waals surface area contributed by atoms with E-state index in [-0.39, 0.29) is 11.9 Å². The number of amides is 1. The molecule has 2 nitrogen and oxygen atoms in total. The maximum atomic E-state index is 11.9. The molecule has 3 unspecified atom stereocenters. The van der Waals surface area contributed by atoms with Gasteiger partial charge in [-0.3, -0.25) is 4.79 Å². The molecule has 0 spiro atoms. The third-order valence-corrected chi connectivity index (χ3v) is 3.64. The number of alkyl halides is 1. The highest BCUT2D eigenvalue weighted by Gasteiger charge is 2.20. The summed E-state index contributed by atoms with van der Waals surface area (Å²) in [6.45, 7) is 6.25. The predicted molar refractivity (Wildman–Crippen MR) is 72.1 cm³/mol. The standard InChI is InChI=1S/C14H20ClNO/c1-4-10(2)11(3)16-14(17)13(15)12-8-6-5-7-9-12/h5-11,13H,4H2,1-3H3,(H,16,17). The predicted octanol–water partition coefficient (Wildman–Crippen LogP) is 3.52. The third-order valence-electron chi connectivity index (χ3n) is 3.19. The lowest BCUT2D eigenvalue weighted by atomic mass is 10.0. The number of halogens is 1. The molecule has 0 heterocycles. The SMILES string of the molecule is CCC(C)C(C)NC(=O)C(Cl)c1ccccc1. The van der Waals surface area contributed by atoms with Crippen molar-refractivity contribution in [3.63, 3.8) is 0 Å². The quantitative estimate of drug-likeness (QED) is 0.800. The van der Waals surface area contributed by atoms with Crippen LogP contribution in [0.1, 0.15) is 38.1 Å². The molecule has 0 saturated carbocycles. The molecule has 0 aliphatic rings. The van der Waals surface area contributed by atoms with Gasteiger partial charge in [-0.1, -0.05) is 50.6 Å². The summed E-state index contributed by atoms with van der Waals surface area (Å²) in [5.41, 5.74) is 0.836. The van der Waals surface area contributed by atoms with Crippen LogP contribution in [0.2, 0.25) is 0 Å². The molecule has 94 valence electrons. The van der Waals surface area contributed by atoms with E-state index < -0.39 is 5.38 Å². The molecule has 0 aliphatic heterocycles. The van der Waals surface area contributed by atoms with Crippen molar-refractivity contribution in [1.82, 2.24) is 5.32 Å². The minimum absolute atomic E-state index is 0.120. The first-order chi connectivity index (χ1) is 8.06. The molecule has 0 fully saturated rings. The van der Waals surface area contributed by atoms with E-state index in [0.29, 0.717) is 5.92 Å². The Labute approximate surface area is 108 Å². The first-order valence-electron chi connectivity index (χ1n) is 6.05. The Morgan fingerprint density at radius 1 is 1.29 bits per heavy atom. The molecule has 17 heavy (non-hydrogen) atoms. The van der Waals surface area contributed by atoms with Crippen LogP contribution in [0.3, 0.4) is 0 Å². The van der Waals surface area contributed by atoms with Gasteiger partial charge in [0.25, 0.3) is 0 Å². The van der Waals surface area contributed by atoms with Gasteiger partial charge in [0, 0.05) is 6.04 Å². The average Bonchev–Trinajstić information content (AvgIpc) is 2.37. The highest BCUT2D eigenvalue weighted by atomic mass is 35.5. The van der Waals surface area contributed by atoms with Crippen LogP contribution in [0, 0.1) is 5.92 Å². The zero-order chi connectivity index (χ0) is 12.8. The Hall–Kier alpha value is -1.02. The molecule has 3 atom stereocenters. The van der Waals surface area contributed by atoms with Crippen LogP contribution in [0.4, 0.5) is 0 Å². The number of carbonyl (C=O) groups excluding carboxylic acids is 1. The van der Waals surface area contributed by atoms with Crippen molar-refractivity contribution in [2.45, 2.75) is 38.6 Å². The van der Waals surface area contributed by atoms with E-state index >= 15 is 0 Å². The fourth-order valence-corrected chi connectivity index (χ4v) is 1.78. The van der Waals surface area contributed by atoms with E-state index in [2.05, 4.69) is 19.2 Å². The normalized spacial score (nSPS) is 16.0. The molecule has 1 N–H and O–H groups in total. The molecule has 1 rings (SSSR count). The van der Waals surface area contributed by atoms with Gasteiger partial charge in [0.05, 0.1) is 0 Å². The van der Waals surface area contributed by atoms with Crippen LogP contribution in [0.15, 0.2) is 30.3 Å². The molecule has 0 aromatic heterocycles. The zero-order valence-electron chi connectivity index (χ0n) is 10.6. The number of carbonyl (C=O) groups is 1. The monoisotopic (exact) mass is 253 g/mol. The van der Waals surface area contributed by atoms with Crippen molar-refractivity contribution in [2.24, 2.45) is 5.92 Å². The zero-order valence-corrected chi connectivity index (χ0v) is 11.4. The van der Waals surface area contributed by atoms with Gasteiger partial charge in [0.15, 0.2) is 0 Å². The van der Waals surface area contributed by atoms with E-state index in [4.69, 9.17) is 11.6 Å². The van der Waals surface area contributed by atoms with Crippen LogP contribution in [-0.2, 0) is 4.79 Å². The van der Waals surface area contributed by atoms with Gasteiger partial charge in [-0.15, -0.1) is 11.6 Å². The van der Waals surface area contributed by atoms with Crippen LogP contribution in [0.25, 0.3) is 0 Å². The summed E-state index contributed by atoms with van der Waals surface area (Å²) >= 11 is 6.14. The highest BCUT2D eigenvalue weighted by Crippen LogP contribution is 2.20. The van der Waals surface area contributed by atoms with Crippen molar-refractivity contribution in [3.8, 4) is 0 Å². The number of benzene rings is 1. The summed E-state index contributed by atoms with van der Waals surface area (Å²) in [5.74, 6) is 0.337. The summed E-state index contributed by atoms with van der Waals surface area (Å²) in [6.07, 6.45) is 1.04. The largest absolute Gasteiger partial charge is 0.352 e.